The van der Waals surface area contributed by atoms with Crippen molar-refractivity contribution in [2.24, 2.45) is 11.8 Å². The second-order valence-corrected chi connectivity index (χ2v) is 11.6. The third-order valence-corrected chi connectivity index (χ3v) is 8.83. The van der Waals surface area contributed by atoms with Crippen molar-refractivity contribution < 1.29 is 28.7 Å². The first-order valence-electron chi connectivity index (χ1n) is 14.5. The van der Waals surface area contributed by atoms with Crippen LogP contribution in [0.25, 0.3) is 10.9 Å². The summed E-state index contributed by atoms with van der Waals surface area (Å²) in [5.74, 6) is -1.57. The van der Waals surface area contributed by atoms with Crippen molar-refractivity contribution >= 4 is 40.4 Å². The molecule has 0 spiro atoms. The van der Waals surface area contributed by atoms with E-state index in [9.17, 15) is 24.0 Å². The number of nitrogens with one attached hydrogen (secondary N) is 4. The number of rotatable bonds is 9. The molecular weight excluding hydrogens is 528 g/mol. The van der Waals surface area contributed by atoms with Gasteiger partial charge < -0.3 is 35.5 Å². The summed E-state index contributed by atoms with van der Waals surface area (Å²) in [6, 6.07) is 4.87. The molecule has 6 rings (SSSR count). The molecule has 0 radical (unpaired) electrons. The number of Topliss-reactive ketones (excluding diaryl/α,β-unsaturated/α-hetero) is 1. The Balaban J connectivity index is 1.25. The summed E-state index contributed by atoms with van der Waals surface area (Å²) < 4.78 is 5.44. The molecule has 41 heavy (non-hydrogen) atoms. The number of benzene rings is 1. The van der Waals surface area contributed by atoms with Crippen LogP contribution in [0, 0.1) is 11.8 Å². The Kier molecular flexibility index (Phi) is 7.31. The summed E-state index contributed by atoms with van der Waals surface area (Å²) in [5.41, 5.74) is 1.10. The van der Waals surface area contributed by atoms with Gasteiger partial charge in [-0.25, -0.2) is 4.79 Å². The van der Waals surface area contributed by atoms with E-state index in [0.717, 1.165) is 43.0 Å². The number of hydrogen-bond acceptors (Lipinski definition) is 6. The molecule has 3 heterocycles. The van der Waals surface area contributed by atoms with Crippen molar-refractivity contribution in [3.05, 3.63) is 30.0 Å². The molecule has 4 fully saturated rings. The van der Waals surface area contributed by atoms with E-state index >= 15 is 0 Å². The molecule has 2 aromatic rings. The van der Waals surface area contributed by atoms with E-state index in [0.29, 0.717) is 37.5 Å². The van der Waals surface area contributed by atoms with Gasteiger partial charge >= 0.3 is 6.03 Å². The molecule has 1 aromatic carbocycles. The molecule has 5 amide bonds. The van der Waals surface area contributed by atoms with Crippen LogP contribution in [-0.4, -0.2) is 95.7 Å². The first-order valence-corrected chi connectivity index (χ1v) is 14.5. The number of fused-ring (bicyclic) bond motifs is 2. The molecule has 4 N–H and O–H groups in total. The summed E-state index contributed by atoms with van der Waals surface area (Å²) in [6.45, 7) is 1.26. The number of amides is 5. The van der Waals surface area contributed by atoms with Crippen molar-refractivity contribution in [2.75, 3.05) is 33.3 Å². The third kappa shape index (κ3) is 5.34. The summed E-state index contributed by atoms with van der Waals surface area (Å²) >= 11 is 0. The normalized spacial score (nSPS) is 24.5. The van der Waals surface area contributed by atoms with Crippen LogP contribution in [0.4, 0.5) is 4.79 Å². The fraction of sp³-hybridized carbons (Fsp3) is 0.552. The number of nitrogens with zero attached hydrogens (tertiary/aromatic N) is 2. The topological polar surface area (TPSA) is 153 Å². The van der Waals surface area contributed by atoms with Gasteiger partial charge in [0.25, 0.3) is 11.8 Å². The van der Waals surface area contributed by atoms with Crippen molar-refractivity contribution in [1.29, 1.82) is 0 Å². The van der Waals surface area contributed by atoms with E-state index in [1.807, 2.05) is 18.2 Å². The van der Waals surface area contributed by atoms with Gasteiger partial charge in [0.15, 0.2) is 0 Å². The maximum atomic E-state index is 14.0. The summed E-state index contributed by atoms with van der Waals surface area (Å²) in [5, 5.41) is 9.01. The average Bonchev–Trinajstić information content (AvgIpc) is 3.34. The summed E-state index contributed by atoms with van der Waals surface area (Å²) in [7, 11) is 1.57. The molecule has 12 heteroatoms. The predicted molar refractivity (Wildman–Crippen MR) is 148 cm³/mol. The molecule has 2 aliphatic carbocycles. The Morgan fingerprint density at radius 3 is 2.71 bits per heavy atom. The predicted octanol–water partition coefficient (Wildman–Crippen LogP) is 1.17. The van der Waals surface area contributed by atoms with Gasteiger partial charge in [-0.1, -0.05) is 12.5 Å². The highest BCUT2D eigenvalue weighted by molar-refractivity contribution is 6.38. The Bertz CT molecular complexity index is 1390. The van der Waals surface area contributed by atoms with Crippen LogP contribution in [0.2, 0.25) is 0 Å². The highest BCUT2D eigenvalue weighted by Crippen LogP contribution is 2.43. The lowest BCUT2D eigenvalue weighted by Crippen LogP contribution is -2.60. The number of urea groups is 1. The van der Waals surface area contributed by atoms with E-state index < -0.39 is 29.7 Å². The van der Waals surface area contributed by atoms with Crippen LogP contribution in [0.15, 0.2) is 24.3 Å². The lowest BCUT2D eigenvalue weighted by molar-refractivity contribution is -0.140. The molecule has 2 aliphatic heterocycles. The number of carbonyl (C=O) groups is 5. The molecule has 2 saturated carbocycles. The summed E-state index contributed by atoms with van der Waals surface area (Å²) in [4.78, 5) is 72.5. The number of carbonyl (C=O) groups excluding carboxylic acids is 5. The Morgan fingerprint density at radius 2 is 1.95 bits per heavy atom. The largest absolute Gasteiger partial charge is 0.496 e. The first-order chi connectivity index (χ1) is 19.8. The zero-order valence-electron chi connectivity index (χ0n) is 23.1. The lowest BCUT2D eigenvalue weighted by Gasteiger charge is -2.32. The van der Waals surface area contributed by atoms with Crippen LogP contribution in [0.5, 0.6) is 5.75 Å². The fourth-order valence-electron chi connectivity index (χ4n) is 6.59. The third-order valence-electron chi connectivity index (χ3n) is 8.83. The standard InChI is InChI=1S/C29H36N6O6/c1-41-23-8-3-7-20-19(23)13-21(32-20)28(39)35-14-16-5-2-6-18(16)24(35)26(37)33-22(15-34-12-4-11-30-29(34)40)25(36)27(38)31-17-9-10-17/h3,7-8,13,16-18,22,24,32H,2,4-6,9-12,14-15H2,1H3,(H,30,40)(H,31,38)(H,33,37). The second kappa shape index (κ2) is 11.1. The quantitative estimate of drug-likeness (QED) is 0.336. The summed E-state index contributed by atoms with van der Waals surface area (Å²) in [6.07, 6.45) is 4.99. The molecule has 4 atom stereocenters. The SMILES string of the molecule is COc1cccc2[nH]c(C(=O)N3CC4CCCC4C3C(=O)NC(CN3CCCNC3=O)C(=O)C(=O)NC3CC3)cc12. The van der Waals surface area contributed by atoms with E-state index in [2.05, 4.69) is 20.9 Å². The second-order valence-electron chi connectivity index (χ2n) is 11.6. The zero-order chi connectivity index (χ0) is 28.7. The van der Waals surface area contributed by atoms with Gasteiger partial charge in [0, 0.05) is 36.6 Å². The minimum Gasteiger partial charge on any atom is -0.496 e. The number of ether oxygens (including phenoxy) is 1. The minimum atomic E-state index is -1.22. The van der Waals surface area contributed by atoms with Crippen LogP contribution >= 0.6 is 0 Å². The molecule has 218 valence electrons. The van der Waals surface area contributed by atoms with Gasteiger partial charge in [0.2, 0.25) is 11.7 Å². The molecule has 4 unspecified atom stereocenters. The van der Waals surface area contributed by atoms with Gasteiger partial charge in [0.1, 0.15) is 23.5 Å². The Morgan fingerprint density at radius 1 is 1.12 bits per heavy atom. The highest BCUT2D eigenvalue weighted by atomic mass is 16.5. The Hall–Kier alpha value is -4.09. The van der Waals surface area contributed by atoms with Gasteiger partial charge in [0.05, 0.1) is 13.7 Å². The van der Waals surface area contributed by atoms with Gasteiger partial charge in [-0.15, -0.1) is 0 Å². The van der Waals surface area contributed by atoms with E-state index in [1.54, 1.807) is 18.1 Å². The van der Waals surface area contributed by atoms with Gasteiger partial charge in [-0.2, -0.15) is 0 Å². The molecule has 2 saturated heterocycles. The zero-order valence-corrected chi connectivity index (χ0v) is 23.1. The van der Waals surface area contributed by atoms with Gasteiger partial charge in [-0.3, -0.25) is 19.2 Å². The smallest absolute Gasteiger partial charge is 0.317 e. The molecule has 4 aliphatic rings. The number of H-pyrrole nitrogens is 1. The van der Waals surface area contributed by atoms with E-state index in [1.165, 1.54) is 4.90 Å². The highest BCUT2D eigenvalue weighted by Gasteiger charge is 2.50. The number of ketones is 1. The first kappa shape index (κ1) is 27.1. The monoisotopic (exact) mass is 564 g/mol. The van der Waals surface area contributed by atoms with Gasteiger partial charge in [-0.05, 0) is 62.1 Å². The average molecular weight is 565 g/mol. The fourth-order valence-corrected chi connectivity index (χ4v) is 6.59. The van der Waals surface area contributed by atoms with Crippen LogP contribution in [-0.2, 0) is 14.4 Å². The lowest BCUT2D eigenvalue weighted by atomic mass is 9.93. The molecule has 1 aromatic heterocycles. The maximum absolute atomic E-state index is 14.0. The number of methoxy groups -OCH3 is 1. The van der Waals surface area contributed by atoms with Crippen LogP contribution < -0.4 is 20.7 Å². The van der Waals surface area contributed by atoms with E-state index in [4.69, 9.17) is 4.74 Å². The Labute approximate surface area is 237 Å². The van der Waals surface area contributed by atoms with Crippen LogP contribution in [0.1, 0.15) is 49.0 Å². The van der Waals surface area contributed by atoms with Crippen molar-refractivity contribution in [3.8, 4) is 5.75 Å². The maximum Gasteiger partial charge on any atom is 0.317 e. The molecule has 12 nitrogen and oxygen atoms in total. The van der Waals surface area contributed by atoms with Crippen LogP contribution in [0.3, 0.4) is 0 Å². The minimum absolute atomic E-state index is 0.0294. The number of likely N-dealkylation sites (tertiary alicyclic amines) is 1. The van der Waals surface area contributed by atoms with Crippen molar-refractivity contribution in [3.63, 3.8) is 0 Å². The molecular formula is C29H36N6O6. The van der Waals surface area contributed by atoms with E-state index in [-0.39, 0.29) is 36.4 Å². The number of hydrogen-bond donors (Lipinski definition) is 4. The number of aromatic amines is 1. The molecule has 0 bridgehead atoms. The van der Waals surface area contributed by atoms with Crippen molar-refractivity contribution in [1.82, 2.24) is 30.7 Å². The number of aromatic nitrogens is 1. The van der Waals surface area contributed by atoms with Crippen molar-refractivity contribution in [2.45, 2.75) is 56.7 Å².